The number of nitrogens with one attached hydrogen (secondary N) is 1. The van der Waals surface area contributed by atoms with Crippen LogP contribution in [-0.2, 0) is 17.3 Å². The number of fused-ring (bicyclic) bond motifs is 4. The van der Waals surface area contributed by atoms with Gasteiger partial charge in [-0.25, -0.2) is 4.79 Å². The second kappa shape index (κ2) is 7.75. The number of likely N-dealkylation sites (tertiary alicyclic amines) is 1. The van der Waals surface area contributed by atoms with Gasteiger partial charge in [-0.2, -0.15) is 0 Å². The van der Waals surface area contributed by atoms with Gasteiger partial charge in [0.15, 0.2) is 0 Å². The zero-order valence-corrected chi connectivity index (χ0v) is 18.9. The Morgan fingerprint density at radius 1 is 1.29 bits per heavy atom. The summed E-state index contributed by atoms with van der Waals surface area (Å²) in [6.45, 7) is 7.15. The number of amides is 3. The van der Waals surface area contributed by atoms with E-state index >= 15 is 0 Å². The summed E-state index contributed by atoms with van der Waals surface area (Å²) < 4.78 is 7.50. The average Bonchev–Trinajstić information content (AvgIpc) is 3.02. The number of benzene rings is 1. The molecule has 0 unspecified atom stereocenters. The highest BCUT2D eigenvalue weighted by Crippen LogP contribution is 2.49. The number of hydrogen-bond acceptors (Lipinski definition) is 4. The van der Waals surface area contributed by atoms with Gasteiger partial charge >= 0.3 is 6.03 Å². The number of methoxy groups -OCH3 is 1. The van der Waals surface area contributed by atoms with Crippen molar-refractivity contribution in [3.63, 3.8) is 0 Å². The van der Waals surface area contributed by atoms with Crippen LogP contribution in [-0.4, -0.2) is 70.8 Å². The van der Waals surface area contributed by atoms with E-state index in [9.17, 15) is 14.7 Å². The number of carbonyl (C=O) groups excluding carboxylic acids is 2. The summed E-state index contributed by atoms with van der Waals surface area (Å²) in [6, 6.07) is 5.56. The molecule has 0 bridgehead atoms. The Kier molecular flexibility index (Phi) is 5.37. The minimum absolute atomic E-state index is 0.0111. The third-order valence-corrected chi connectivity index (χ3v) is 6.63. The number of aliphatic hydroxyl groups is 1. The fourth-order valence-corrected chi connectivity index (χ4v) is 5.25. The van der Waals surface area contributed by atoms with Gasteiger partial charge in [-0.1, -0.05) is 6.92 Å². The first-order valence-corrected chi connectivity index (χ1v) is 10.9. The van der Waals surface area contributed by atoms with E-state index < -0.39 is 6.04 Å². The Morgan fingerprint density at radius 3 is 2.58 bits per heavy atom. The van der Waals surface area contributed by atoms with Gasteiger partial charge in [0.05, 0.1) is 30.7 Å². The number of aryl methyl sites for hydroxylation is 1. The lowest BCUT2D eigenvalue weighted by Gasteiger charge is -2.56. The van der Waals surface area contributed by atoms with Crippen molar-refractivity contribution in [2.45, 2.75) is 44.7 Å². The molecule has 2 aliphatic heterocycles. The topological polar surface area (TPSA) is 87.0 Å². The van der Waals surface area contributed by atoms with Crippen LogP contribution in [0.3, 0.4) is 0 Å². The van der Waals surface area contributed by atoms with Crippen LogP contribution in [0.4, 0.5) is 4.79 Å². The molecule has 3 amide bonds. The van der Waals surface area contributed by atoms with Gasteiger partial charge in [0.2, 0.25) is 5.91 Å². The Morgan fingerprint density at radius 2 is 2.00 bits per heavy atom. The fraction of sp³-hybridized carbons (Fsp3) is 0.565. The minimum atomic E-state index is -0.407. The second-order valence-electron chi connectivity index (χ2n) is 9.02. The van der Waals surface area contributed by atoms with Gasteiger partial charge < -0.3 is 29.5 Å². The van der Waals surface area contributed by atoms with Crippen molar-refractivity contribution in [3.05, 3.63) is 29.5 Å². The van der Waals surface area contributed by atoms with Crippen LogP contribution >= 0.6 is 0 Å². The number of aromatic nitrogens is 1. The molecule has 1 atom stereocenters. The van der Waals surface area contributed by atoms with Crippen molar-refractivity contribution in [1.29, 1.82) is 0 Å². The Bertz CT molecular complexity index is 1020. The maximum Gasteiger partial charge on any atom is 0.317 e. The lowest BCUT2D eigenvalue weighted by atomic mass is 9.68. The van der Waals surface area contributed by atoms with Crippen LogP contribution in [0.2, 0.25) is 0 Å². The van der Waals surface area contributed by atoms with Crippen molar-refractivity contribution in [2.24, 2.45) is 7.05 Å². The van der Waals surface area contributed by atoms with Crippen LogP contribution in [0, 0.1) is 0 Å². The molecule has 2 aliphatic rings. The number of ether oxygens (including phenoxy) is 1. The van der Waals surface area contributed by atoms with Gasteiger partial charge in [-0.05, 0) is 31.5 Å². The number of hydrogen-bond donors (Lipinski definition) is 2. The van der Waals surface area contributed by atoms with E-state index in [0.717, 1.165) is 27.9 Å². The van der Waals surface area contributed by atoms with Crippen LogP contribution in [0.25, 0.3) is 10.9 Å². The summed E-state index contributed by atoms with van der Waals surface area (Å²) in [5, 5.41) is 14.3. The largest absolute Gasteiger partial charge is 0.497 e. The highest BCUT2D eigenvalue weighted by molar-refractivity contribution is 5.90. The first kappa shape index (κ1) is 21.5. The average molecular weight is 429 g/mol. The van der Waals surface area contributed by atoms with Crippen molar-refractivity contribution < 1.29 is 19.4 Å². The molecular formula is C23H32N4O4. The predicted molar refractivity (Wildman–Crippen MR) is 118 cm³/mol. The van der Waals surface area contributed by atoms with E-state index in [1.54, 1.807) is 16.9 Å². The summed E-state index contributed by atoms with van der Waals surface area (Å²) in [5.41, 5.74) is 2.73. The summed E-state index contributed by atoms with van der Waals surface area (Å²) in [5.74, 6) is 0.769. The number of aliphatic hydroxyl groups excluding tert-OH is 1. The van der Waals surface area contributed by atoms with Crippen LogP contribution in [0.1, 0.15) is 44.5 Å². The number of carbonyl (C=O) groups is 2. The number of urea groups is 1. The van der Waals surface area contributed by atoms with Crippen LogP contribution in [0.15, 0.2) is 18.2 Å². The fourth-order valence-electron chi connectivity index (χ4n) is 5.25. The van der Waals surface area contributed by atoms with Crippen molar-refractivity contribution >= 4 is 22.8 Å². The maximum absolute atomic E-state index is 12.9. The molecule has 0 radical (unpaired) electrons. The Labute approximate surface area is 182 Å². The molecular weight excluding hydrogens is 396 g/mol. The lowest BCUT2D eigenvalue weighted by Crippen LogP contribution is -2.69. The van der Waals surface area contributed by atoms with E-state index in [1.165, 1.54) is 0 Å². The van der Waals surface area contributed by atoms with E-state index in [2.05, 4.69) is 16.0 Å². The third-order valence-electron chi connectivity index (χ3n) is 6.63. The summed E-state index contributed by atoms with van der Waals surface area (Å²) >= 11 is 0. The van der Waals surface area contributed by atoms with Gasteiger partial charge in [0.1, 0.15) is 5.75 Å². The van der Waals surface area contributed by atoms with Gasteiger partial charge in [-0.15, -0.1) is 0 Å². The molecule has 0 aliphatic carbocycles. The van der Waals surface area contributed by atoms with Crippen molar-refractivity contribution in [2.75, 3.05) is 33.4 Å². The first-order valence-electron chi connectivity index (χ1n) is 10.9. The molecule has 1 aromatic heterocycles. The van der Waals surface area contributed by atoms with Gasteiger partial charge in [0, 0.05) is 56.3 Å². The molecule has 0 saturated carbocycles. The molecule has 1 fully saturated rings. The normalized spacial score (nSPS) is 19.5. The quantitative estimate of drug-likeness (QED) is 0.781. The molecule has 1 spiro atoms. The lowest BCUT2D eigenvalue weighted by molar-refractivity contribution is -0.138. The summed E-state index contributed by atoms with van der Waals surface area (Å²) in [7, 11) is 3.61. The minimum Gasteiger partial charge on any atom is -0.497 e. The molecule has 1 saturated heterocycles. The first-order chi connectivity index (χ1) is 14.8. The number of rotatable bonds is 4. The molecule has 8 heteroatoms. The molecule has 2 aromatic rings. The van der Waals surface area contributed by atoms with E-state index in [-0.39, 0.29) is 30.0 Å². The second-order valence-corrected chi connectivity index (χ2v) is 9.02. The predicted octanol–water partition coefficient (Wildman–Crippen LogP) is 2.14. The zero-order valence-electron chi connectivity index (χ0n) is 18.9. The van der Waals surface area contributed by atoms with E-state index in [1.807, 2.05) is 40.0 Å². The molecule has 31 heavy (non-hydrogen) atoms. The van der Waals surface area contributed by atoms with Crippen LogP contribution in [0.5, 0.6) is 5.75 Å². The van der Waals surface area contributed by atoms with Crippen molar-refractivity contribution in [3.8, 4) is 5.75 Å². The Hall–Kier alpha value is -2.74. The van der Waals surface area contributed by atoms with E-state index in [0.29, 0.717) is 26.1 Å². The molecule has 168 valence electrons. The highest BCUT2D eigenvalue weighted by Gasteiger charge is 2.55. The van der Waals surface area contributed by atoms with Crippen LogP contribution < -0.4 is 10.1 Å². The highest BCUT2D eigenvalue weighted by atomic mass is 16.5. The molecule has 2 N–H and O–H groups in total. The van der Waals surface area contributed by atoms with Gasteiger partial charge in [-0.3, -0.25) is 4.79 Å². The monoisotopic (exact) mass is 428 g/mol. The van der Waals surface area contributed by atoms with Crippen molar-refractivity contribution in [1.82, 2.24) is 19.7 Å². The third kappa shape index (κ3) is 3.24. The van der Waals surface area contributed by atoms with Gasteiger partial charge in [0.25, 0.3) is 0 Å². The molecule has 4 rings (SSSR count). The smallest absolute Gasteiger partial charge is 0.317 e. The standard InChI is InChI=1S/C23H32N4O4/c1-6-19(29)27-13-23(11-26(12-23)22(30)24-14(2)3)20-16-8-7-15(31-5)9-17(16)25(4)21(20)18(27)10-28/h7-9,14,18,28H,6,10-13H2,1-5H3,(H,24,30)/t18-/m0/s1. The maximum atomic E-state index is 12.9. The number of nitrogens with zero attached hydrogens (tertiary/aromatic N) is 3. The Balaban J connectivity index is 1.85. The summed E-state index contributed by atoms with van der Waals surface area (Å²) in [6.07, 6.45) is 0.372. The molecule has 8 nitrogen and oxygen atoms in total. The molecule has 1 aromatic carbocycles. The SMILES string of the molecule is CCC(=O)N1CC2(CN(C(=O)NC(C)C)C2)c2c(n(C)c3cc(OC)ccc23)[C@@H]1CO. The van der Waals surface area contributed by atoms with E-state index in [4.69, 9.17) is 4.74 Å². The zero-order chi connectivity index (χ0) is 22.5. The summed E-state index contributed by atoms with van der Waals surface area (Å²) in [4.78, 5) is 29.1. The molecule has 3 heterocycles.